The van der Waals surface area contributed by atoms with Gasteiger partial charge in [0.1, 0.15) is 0 Å². The van der Waals surface area contributed by atoms with Crippen LogP contribution in [0.4, 0.5) is 0 Å². The highest BCUT2D eigenvalue weighted by Gasteiger charge is 2.43. The van der Waals surface area contributed by atoms with E-state index in [4.69, 9.17) is 5.21 Å². The molecular formula is C20H26N2O6S. The van der Waals surface area contributed by atoms with E-state index in [0.29, 0.717) is 5.56 Å². The zero-order chi connectivity index (χ0) is 21.8. The van der Waals surface area contributed by atoms with Gasteiger partial charge in [-0.05, 0) is 36.1 Å². The van der Waals surface area contributed by atoms with Gasteiger partial charge in [-0.25, -0.2) is 13.9 Å². The standard InChI is InChI=1S/C20H26N2O6S/c1-14(13-23)15-4-6-16(7-5-15)17-8-10-22(18(24)12-17)11-9-20(2,19(25)21-26)29(3,27)28/h4-8,10,12,14,23,26H,9,11,13H2,1-3H3,(H,21,25). The van der Waals surface area contributed by atoms with Crippen molar-refractivity contribution in [3.63, 3.8) is 0 Å². The number of aryl methyl sites for hydroxylation is 1. The van der Waals surface area contributed by atoms with E-state index in [1.807, 2.05) is 31.2 Å². The molecule has 1 aromatic heterocycles. The number of aliphatic hydroxyl groups is 1. The number of hydrogen-bond donors (Lipinski definition) is 3. The lowest BCUT2D eigenvalue weighted by molar-refractivity contribution is -0.131. The van der Waals surface area contributed by atoms with E-state index < -0.39 is 20.5 Å². The highest BCUT2D eigenvalue weighted by molar-refractivity contribution is 7.92. The predicted octanol–water partition coefficient (Wildman–Crippen LogP) is 1.31. The molecule has 0 bridgehead atoms. The van der Waals surface area contributed by atoms with Crippen molar-refractivity contribution in [1.29, 1.82) is 0 Å². The number of carbonyl (C=O) groups excluding carboxylic acids is 1. The van der Waals surface area contributed by atoms with Gasteiger partial charge in [-0.3, -0.25) is 14.8 Å². The van der Waals surface area contributed by atoms with Crippen molar-refractivity contribution in [2.75, 3.05) is 12.9 Å². The number of nitrogens with zero attached hydrogens (tertiary/aromatic N) is 1. The number of amides is 1. The van der Waals surface area contributed by atoms with Crippen LogP contribution in [0.25, 0.3) is 11.1 Å². The third-order valence-electron chi connectivity index (χ3n) is 5.31. The van der Waals surface area contributed by atoms with Crippen LogP contribution in [0, 0.1) is 0 Å². The summed E-state index contributed by atoms with van der Waals surface area (Å²) in [5.74, 6) is -1.01. The van der Waals surface area contributed by atoms with Gasteiger partial charge in [0.2, 0.25) is 0 Å². The Morgan fingerprint density at radius 1 is 1.21 bits per heavy atom. The molecule has 1 heterocycles. The van der Waals surface area contributed by atoms with Crippen LogP contribution in [-0.2, 0) is 21.2 Å². The van der Waals surface area contributed by atoms with Crippen LogP contribution >= 0.6 is 0 Å². The number of aliphatic hydroxyl groups excluding tert-OH is 1. The third-order valence-corrected chi connectivity index (χ3v) is 7.34. The molecule has 0 radical (unpaired) electrons. The SMILES string of the molecule is CC(CO)c1ccc(-c2ccn(CCC(C)(C(=O)NO)S(C)(=O)=O)c(=O)c2)cc1. The van der Waals surface area contributed by atoms with Gasteiger partial charge in [0.05, 0.1) is 0 Å². The van der Waals surface area contributed by atoms with Crippen LogP contribution in [0.2, 0.25) is 0 Å². The minimum absolute atomic E-state index is 0.0109. The van der Waals surface area contributed by atoms with Crippen molar-refractivity contribution >= 4 is 15.7 Å². The summed E-state index contributed by atoms with van der Waals surface area (Å²) < 4.78 is 23.5. The van der Waals surface area contributed by atoms with E-state index in [1.54, 1.807) is 12.3 Å². The van der Waals surface area contributed by atoms with Crippen LogP contribution in [0.1, 0.15) is 31.7 Å². The first kappa shape index (κ1) is 22.8. The molecule has 0 fully saturated rings. The van der Waals surface area contributed by atoms with Gasteiger partial charge in [0, 0.05) is 37.6 Å². The quantitative estimate of drug-likeness (QED) is 0.435. The summed E-state index contributed by atoms with van der Waals surface area (Å²) in [4.78, 5) is 24.4. The first-order chi connectivity index (χ1) is 13.5. The molecule has 2 aromatic rings. The molecule has 158 valence electrons. The molecule has 0 spiro atoms. The first-order valence-electron chi connectivity index (χ1n) is 9.09. The second-order valence-corrected chi connectivity index (χ2v) is 9.79. The van der Waals surface area contributed by atoms with Crippen molar-refractivity contribution in [2.24, 2.45) is 0 Å². The van der Waals surface area contributed by atoms with Gasteiger partial charge >= 0.3 is 0 Å². The number of pyridine rings is 1. The largest absolute Gasteiger partial charge is 0.396 e. The Kier molecular flexibility index (Phi) is 6.99. The molecule has 0 saturated heterocycles. The van der Waals surface area contributed by atoms with E-state index in [0.717, 1.165) is 17.4 Å². The van der Waals surface area contributed by atoms with Gasteiger partial charge in [0.25, 0.3) is 11.5 Å². The Morgan fingerprint density at radius 3 is 2.31 bits per heavy atom. The fraction of sp³-hybridized carbons (Fsp3) is 0.400. The fourth-order valence-corrected chi connectivity index (χ4v) is 3.75. The number of sulfone groups is 1. The molecule has 0 aliphatic heterocycles. The molecule has 2 unspecified atom stereocenters. The van der Waals surface area contributed by atoms with E-state index in [9.17, 15) is 23.1 Å². The summed E-state index contributed by atoms with van der Waals surface area (Å²) in [6.07, 6.45) is 2.28. The number of aromatic nitrogens is 1. The lowest BCUT2D eigenvalue weighted by Crippen LogP contribution is -2.49. The lowest BCUT2D eigenvalue weighted by atomic mass is 9.98. The average Bonchev–Trinajstić information content (AvgIpc) is 2.70. The van der Waals surface area contributed by atoms with Crippen molar-refractivity contribution in [3.05, 3.63) is 58.5 Å². The molecule has 0 saturated carbocycles. The Labute approximate surface area is 169 Å². The fourth-order valence-electron chi connectivity index (χ4n) is 2.90. The number of hydrogen-bond acceptors (Lipinski definition) is 6. The Balaban J connectivity index is 2.24. The Bertz CT molecular complexity index is 1030. The number of hydroxylamine groups is 1. The van der Waals surface area contributed by atoms with Gasteiger partial charge in [0.15, 0.2) is 14.6 Å². The van der Waals surface area contributed by atoms with Gasteiger partial charge in [-0.1, -0.05) is 31.2 Å². The van der Waals surface area contributed by atoms with E-state index in [2.05, 4.69) is 0 Å². The highest BCUT2D eigenvalue weighted by Crippen LogP contribution is 2.23. The molecule has 3 N–H and O–H groups in total. The van der Waals surface area contributed by atoms with Crippen molar-refractivity contribution in [1.82, 2.24) is 10.0 Å². The van der Waals surface area contributed by atoms with Crippen molar-refractivity contribution < 1.29 is 23.5 Å². The number of benzene rings is 1. The lowest BCUT2D eigenvalue weighted by Gasteiger charge is -2.25. The highest BCUT2D eigenvalue weighted by atomic mass is 32.2. The summed E-state index contributed by atoms with van der Waals surface area (Å²) in [5, 5.41) is 18.1. The normalized spacial score (nSPS) is 14.8. The zero-order valence-corrected chi connectivity index (χ0v) is 17.4. The Morgan fingerprint density at radius 2 is 1.83 bits per heavy atom. The summed E-state index contributed by atoms with van der Waals surface area (Å²) in [5.41, 5.74) is 3.58. The van der Waals surface area contributed by atoms with Crippen LogP contribution < -0.4 is 11.0 Å². The number of nitrogens with one attached hydrogen (secondary N) is 1. The van der Waals surface area contributed by atoms with Crippen LogP contribution in [0.15, 0.2) is 47.4 Å². The molecule has 2 atom stereocenters. The van der Waals surface area contributed by atoms with Crippen LogP contribution in [-0.4, -0.2) is 46.8 Å². The molecule has 8 nitrogen and oxygen atoms in total. The minimum Gasteiger partial charge on any atom is -0.396 e. The second kappa shape index (κ2) is 8.89. The number of carbonyl (C=O) groups is 1. The first-order valence-corrected chi connectivity index (χ1v) is 11.0. The van der Waals surface area contributed by atoms with Crippen molar-refractivity contribution in [3.8, 4) is 11.1 Å². The van der Waals surface area contributed by atoms with Gasteiger partial charge in [-0.2, -0.15) is 0 Å². The van der Waals surface area contributed by atoms with Crippen molar-refractivity contribution in [2.45, 2.75) is 37.5 Å². The monoisotopic (exact) mass is 422 g/mol. The van der Waals surface area contributed by atoms with Crippen LogP contribution in [0.3, 0.4) is 0 Å². The molecule has 0 aliphatic rings. The van der Waals surface area contributed by atoms with E-state index in [-0.39, 0.29) is 31.0 Å². The number of rotatable bonds is 8. The maximum absolute atomic E-state index is 12.5. The van der Waals surface area contributed by atoms with E-state index in [1.165, 1.54) is 23.0 Å². The second-order valence-electron chi connectivity index (χ2n) is 7.35. The van der Waals surface area contributed by atoms with Gasteiger partial charge in [-0.15, -0.1) is 0 Å². The average molecular weight is 423 g/mol. The molecule has 2 rings (SSSR count). The summed E-state index contributed by atoms with van der Waals surface area (Å²) in [7, 11) is -3.83. The third kappa shape index (κ3) is 4.92. The summed E-state index contributed by atoms with van der Waals surface area (Å²) in [6, 6.07) is 10.7. The molecule has 1 aromatic carbocycles. The van der Waals surface area contributed by atoms with E-state index >= 15 is 0 Å². The zero-order valence-electron chi connectivity index (χ0n) is 16.6. The maximum Gasteiger partial charge on any atom is 0.264 e. The topological polar surface area (TPSA) is 126 Å². The Hall–Kier alpha value is -2.49. The molecule has 1 amide bonds. The van der Waals surface area contributed by atoms with Gasteiger partial charge < -0.3 is 9.67 Å². The molecule has 0 aliphatic carbocycles. The minimum atomic E-state index is -3.83. The molecular weight excluding hydrogens is 396 g/mol. The maximum atomic E-state index is 12.5. The molecule has 29 heavy (non-hydrogen) atoms. The molecule has 9 heteroatoms. The van der Waals surface area contributed by atoms with Crippen LogP contribution in [0.5, 0.6) is 0 Å². The summed E-state index contributed by atoms with van der Waals surface area (Å²) >= 11 is 0. The summed E-state index contributed by atoms with van der Waals surface area (Å²) in [6.45, 7) is 3.17. The predicted molar refractivity (Wildman–Crippen MR) is 109 cm³/mol. The smallest absolute Gasteiger partial charge is 0.264 e.